The highest BCUT2D eigenvalue weighted by Gasteiger charge is 2.27. The highest BCUT2D eigenvalue weighted by Crippen LogP contribution is 2.30. The molecule has 5 nitrogen and oxygen atoms in total. The Labute approximate surface area is 173 Å². The Morgan fingerprint density at radius 2 is 1.30 bits per heavy atom. The molecule has 0 saturated carbocycles. The van der Waals surface area contributed by atoms with Crippen LogP contribution in [0.1, 0.15) is 11.1 Å². The van der Waals surface area contributed by atoms with Crippen LogP contribution in [0.25, 0.3) is 0 Å². The number of hydrogen-bond donors (Lipinski definition) is 0. The summed E-state index contributed by atoms with van der Waals surface area (Å²) < 4.78 is 11.3. The van der Waals surface area contributed by atoms with Gasteiger partial charge >= 0.3 is 0 Å². The van der Waals surface area contributed by atoms with E-state index in [0.717, 1.165) is 26.3 Å². The van der Waals surface area contributed by atoms with Gasteiger partial charge in [0.2, 0.25) is 0 Å². The third-order valence-electron chi connectivity index (χ3n) is 4.39. The molecule has 0 radical (unpaired) electrons. The van der Waals surface area contributed by atoms with Crippen LogP contribution in [-0.4, -0.2) is 29.9 Å². The van der Waals surface area contributed by atoms with Crippen LogP contribution in [0.15, 0.2) is 70.7 Å². The average molecular weight is 476 g/mol. The summed E-state index contributed by atoms with van der Waals surface area (Å²) in [5, 5.41) is 0. The number of ether oxygens (including phenoxy) is 2. The van der Waals surface area contributed by atoms with E-state index in [9.17, 15) is 4.79 Å². The molecular formula is C21H21IN2O3. The van der Waals surface area contributed by atoms with Gasteiger partial charge < -0.3 is 14.4 Å². The largest absolute Gasteiger partial charge is 0.497 e. The molecule has 1 aliphatic heterocycles. The van der Waals surface area contributed by atoms with Crippen LogP contribution in [0.5, 0.6) is 11.5 Å². The summed E-state index contributed by atoms with van der Waals surface area (Å²) in [6.45, 7) is 5.26. The van der Waals surface area contributed by atoms with Crippen LogP contribution in [-0.2, 0) is 17.9 Å². The van der Waals surface area contributed by atoms with Crippen molar-refractivity contribution in [1.29, 1.82) is 0 Å². The van der Waals surface area contributed by atoms with E-state index in [4.69, 9.17) is 9.47 Å². The topological polar surface area (TPSA) is 42.0 Å². The number of methoxy groups -OCH3 is 2. The van der Waals surface area contributed by atoms with Crippen LogP contribution >= 0.6 is 22.6 Å². The van der Waals surface area contributed by atoms with Gasteiger partial charge in [0, 0.05) is 12.6 Å². The molecule has 0 aliphatic carbocycles. The molecule has 1 heterocycles. The fourth-order valence-corrected chi connectivity index (χ4v) is 3.53. The highest BCUT2D eigenvalue weighted by molar-refractivity contribution is 14.1. The van der Waals surface area contributed by atoms with Gasteiger partial charge in [-0.25, -0.2) is 0 Å². The van der Waals surface area contributed by atoms with Gasteiger partial charge in [0.1, 0.15) is 17.3 Å². The first-order valence-corrected chi connectivity index (χ1v) is 9.50. The molecule has 0 atom stereocenters. The fraction of sp³-hybridized carbons (Fsp3) is 0.190. The van der Waals surface area contributed by atoms with Crippen LogP contribution < -0.4 is 9.47 Å². The van der Waals surface area contributed by atoms with E-state index in [1.165, 1.54) is 0 Å². The molecule has 3 rings (SSSR count). The molecule has 2 aromatic carbocycles. The minimum Gasteiger partial charge on any atom is -0.497 e. The van der Waals surface area contributed by atoms with Crippen LogP contribution in [0.2, 0.25) is 0 Å². The highest BCUT2D eigenvalue weighted by atomic mass is 127. The Balaban J connectivity index is 1.77. The van der Waals surface area contributed by atoms with Gasteiger partial charge in [0.15, 0.2) is 0 Å². The van der Waals surface area contributed by atoms with Crippen molar-refractivity contribution in [2.75, 3.05) is 14.2 Å². The number of rotatable bonds is 6. The lowest BCUT2D eigenvalue weighted by Crippen LogP contribution is -2.40. The predicted molar refractivity (Wildman–Crippen MR) is 113 cm³/mol. The van der Waals surface area contributed by atoms with E-state index in [-0.39, 0.29) is 5.91 Å². The molecule has 0 saturated heterocycles. The summed E-state index contributed by atoms with van der Waals surface area (Å²) in [5.74, 6) is 2.21. The summed E-state index contributed by atoms with van der Waals surface area (Å²) in [4.78, 5) is 16.3. The Morgan fingerprint density at radius 3 is 1.74 bits per heavy atom. The van der Waals surface area contributed by atoms with Gasteiger partial charge in [-0.1, -0.05) is 30.8 Å². The lowest BCUT2D eigenvalue weighted by Gasteiger charge is -2.37. The van der Waals surface area contributed by atoms with Gasteiger partial charge in [0.05, 0.1) is 24.5 Å². The van der Waals surface area contributed by atoms with Gasteiger partial charge in [0.25, 0.3) is 5.91 Å². The number of nitrogens with zero attached hydrogens (tertiary/aromatic N) is 2. The van der Waals surface area contributed by atoms with Crippen molar-refractivity contribution in [2.24, 2.45) is 0 Å². The monoisotopic (exact) mass is 476 g/mol. The van der Waals surface area contributed by atoms with Crippen molar-refractivity contribution >= 4 is 28.5 Å². The summed E-state index contributed by atoms with van der Waals surface area (Å²) in [7, 11) is 3.28. The molecule has 0 unspecified atom stereocenters. The normalized spacial score (nSPS) is 14.3. The molecule has 27 heavy (non-hydrogen) atoms. The second-order valence-electron chi connectivity index (χ2n) is 6.09. The third kappa shape index (κ3) is 4.44. The van der Waals surface area contributed by atoms with Crippen molar-refractivity contribution in [3.05, 3.63) is 81.8 Å². The molecule has 1 amide bonds. The zero-order chi connectivity index (χ0) is 19.4. The molecular weight excluding hydrogens is 455 g/mol. The van der Waals surface area contributed by atoms with Gasteiger partial charge in [-0.2, -0.15) is 0 Å². The maximum atomic E-state index is 12.5. The SMILES string of the molecule is C=C1N(Cc2ccc(OC)cc2)C(=O)C=C(I)N1Cc1ccc(OC)cc1. The Bertz CT molecular complexity index is 860. The molecule has 0 aromatic heterocycles. The second kappa shape index (κ2) is 8.47. The Kier molecular flexibility index (Phi) is 6.05. The number of carbonyl (C=O) groups is 1. The number of amides is 1. The van der Waals surface area contributed by atoms with E-state index < -0.39 is 0 Å². The maximum Gasteiger partial charge on any atom is 0.254 e. The first kappa shape index (κ1) is 19.3. The average Bonchev–Trinajstić information content (AvgIpc) is 2.69. The molecule has 0 fully saturated rings. The molecule has 140 valence electrons. The molecule has 0 bridgehead atoms. The van der Waals surface area contributed by atoms with Gasteiger partial charge in [-0.05, 0) is 58.0 Å². The van der Waals surface area contributed by atoms with E-state index in [1.807, 2.05) is 53.4 Å². The number of halogens is 1. The van der Waals surface area contributed by atoms with Crippen molar-refractivity contribution in [2.45, 2.75) is 13.1 Å². The van der Waals surface area contributed by atoms with Crippen LogP contribution in [0.4, 0.5) is 0 Å². The molecule has 2 aromatic rings. The minimum atomic E-state index is -0.0637. The summed E-state index contributed by atoms with van der Waals surface area (Å²) in [5.41, 5.74) is 2.12. The zero-order valence-corrected chi connectivity index (χ0v) is 17.5. The van der Waals surface area contributed by atoms with E-state index in [2.05, 4.69) is 29.2 Å². The smallest absolute Gasteiger partial charge is 0.254 e. The summed E-state index contributed by atoms with van der Waals surface area (Å²) in [6, 6.07) is 15.6. The molecule has 0 N–H and O–H groups in total. The third-order valence-corrected chi connectivity index (χ3v) is 5.28. The molecule has 1 aliphatic rings. The van der Waals surface area contributed by atoms with Crippen molar-refractivity contribution in [3.63, 3.8) is 0 Å². The standard InChI is InChI=1S/C21H21IN2O3/c1-15-23(13-16-4-8-18(26-2)9-5-16)20(22)12-21(25)24(15)14-17-6-10-19(27-3)11-7-17/h4-12H,1,13-14H2,2-3H3. The molecule has 6 heteroatoms. The quantitative estimate of drug-likeness (QED) is 0.461. The van der Waals surface area contributed by atoms with E-state index in [0.29, 0.717) is 18.9 Å². The second-order valence-corrected chi connectivity index (χ2v) is 7.20. The van der Waals surface area contributed by atoms with Crippen molar-refractivity contribution < 1.29 is 14.3 Å². The summed E-state index contributed by atoms with van der Waals surface area (Å²) >= 11 is 2.18. The molecule has 0 spiro atoms. The zero-order valence-electron chi connectivity index (χ0n) is 15.3. The summed E-state index contributed by atoms with van der Waals surface area (Å²) in [6.07, 6.45) is 1.64. The van der Waals surface area contributed by atoms with Crippen molar-refractivity contribution in [3.8, 4) is 11.5 Å². The Hall–Kier alpha value is -2.48. The minimum absolute atomic E-state index is 0.0637. The number of hydrogen-bond acceptors (Lipinski definition) is 4. The van der Waals surface area contributed by atoms with Gasteiger partial charge in [-0.3, -0.25) is 9.69 Å². The predicted octanol–water partition coefficient (Wildman–Crippen LogP) is 4.30. The maximum absolute atomic E-state index is 12.5. The number of benzene rings is 2. The van der Waals surface area contributed by atoms with Gasteiger partial charge in [-0.15, -0.1) is 0 Å². The van der Waals surface area contributed by atoms with E-state index >= 15 is 0 Å². The Morgan fingerprint density at radius 1 is 0.852 bits per heavy atom. The van der Waals surface area contributed by atoms with Crippen molar-refractivity contribution in [1.82, 2.24) is 9.80 Å². The lowest BCUT2D eigenvalue weighted by atomic mass is 10.1. The fourth-order valence-electron chi connectivity index (χ4n) is 2.82. The first-order valence-electron chi connectivity index (χ1n) is 8.43. The van der Waals surface area contributed by atoms with Crippen LogP contribution in [0, 0.1) is 0 Å². The lowest BCUT2D eigenvalue weighted by molar-refractivity contribution is -0.126. The first-order chi connectivity index (χ1) is 13.0. The number of carbonyl (C=O) groups excluding carboxylic acids is 1. The van der Waals surface area contributed by atoms with E-state index in [1.54, 1.807) is 25.2 Å². The van der Waals surface area contributed by atoms with Crippen LogP contribution in [0.3, 0.4) is 0 Å².